The lowest BCUT2D eigenvalue weighted by molar-refractivity contribution is 0.707. The number of hydrogen-bond donors (Lipinski definition) is 0. The van der Waals surface area contributed by atoms with Crippen molar-refractivity contribution in [1.29, 1.82) is 0 Å². The fourth-order valence-corrected chi connectivity index (χ4v) is 13.4. The molecule has 3 heterocycles. The molecule has 2 aromatic heterocycles. The van der Waals surface area contributed by atoms with Gasteiger partial charge in [0.05, 0.1) is 22.1 Å². The molecule has 0 atom stereocenters. The van der Waals surface area contributed by atoms with Gasteiger partial charge < -0.3 is 9.47 Å². The van der Waals surface area contributed by atoms with Gasteiger partial charge in [-0.15, -0.1) is 11.3 Å². The maximum absolute atomic E-state index is 2.52. The van der Waals surface area contributed by atoms with Crippen molar-refractivity contribution in [2.75, 3.05) is 4.90 Å². The van der Waals surface area contributed by atoms with Gasteiger partial charge in [-0.05, 0) is 112 Å². The predicted octanol–water partition coefficient (Wildman–Crippen LogP) is 16.6. The van der Waals surface area contributed by atoms with Crippen LogP contribution in [0.1, 0.15) is 22.3 Å². The molecule has 63 heavy (non-hydrogen) atoms. The maximum Gasteiger partial charge on any atom is 0.0735 e. The van der Waals surface area contributed by atoms with E-state index in [1.54, 1.807) is 0 Å². The van der Waals surface area contributed by atoms with Crippen LogP contribution in [0, 0.1) is 0 Å². The van der Waals surface area contributed by atoms with Crippen molar-refractivity contribution in [2.24, 2.45) is 0 Å². The van der Waals surface area contributed by atoms with Gasteiger partial charge in [0, 0.05) is 63.2 Å². The van der Waals surface area contributed by atoms with Crippen molar-refractivity contribution >= 4 is 92.9 Å². The minimum atomic E-state index is -0.505. The summed E-state index contributed by atoms with van der Waals surface area (Å²) in [5.41, 5.74) is 14.3. The quantitative estimate of drug-likeness (QED) is 0.174. The minimum Gasteiger partial charge on any atom is -0.310 e. The third kappa shape index (κ3) is 4.85. The summed E-state index contributed by atoms with van der Waals surface area (Å²) in [7, 11) is 0. The zero-order valence-corrected chi connectivity index (χ0v) is 35.6. The number of hydrogen-bond acceptors (Lipinski definition) is 3. The van der Waals surface area contributed by atoms with Gasteiger partial charge in [-0.3, -0.25) is 0 Å². The number of fused-ring (bicyclic) bond motifs is 14. The molecule has 0 amide bonds. The van der Waals surface area contributed by atoms with Crippen LogP contribution in [-0.2, 0) is 5.41 Å². The van der Waals surface area contributed by atoms with Crippen molar-refractivity contribution in [3.8, 4) is 16.8 Å². The summed E-state index contributed by atoms with van der Waals surface area (Å²) in [4.78, 5) is 5.14. The number of rotatable bonds is 4. The Kier molecular flexibility index (Phi) is 7.45. The predicted molar refractivity (Wildman–Crippen MR) is 267 cm³/mol. The molecular formula is C59H36N2S2. The maximum atomic E-state index is 2.52. The van der Waals surface area contributed by atoms with Gasteiger partial charge in [-0.25, -0.2) is 0 Å². The summed E-state index contributed by atoms with van der Waals surface area (Å²) in [6.07, 6.45) is 0. The van der Waals surface area contributed by atoms with Crippen molar-refractivity contribution in [1.82, 2.24) is 4.57 Å². The van der Waals surface area contributed by atoms with Crippen LogP contribution in [0.4, 0.5) is 17.1 Å². The number of thiophene rings is 1. The first kappa shape index (κ1) is 35.2. The van der Waals surface area contributed by atoms with Crippen LogP contribution < -0.4 is 4.90 Å². The van der Waals surface area contributed by atoms with Crippen LogP contribution in [-0.4, -0.2) is 4.57 Å². The Bertz CT molecular complexity index is 3810. The Labute approximate surface area is 372 Å². The molecule has 0 N–H and O–H groups in total. The lowest BCUT2D eigenvalue weighted by Gasteiger charge is -2.46. The average molecular weight is 837 g/mol. The highest BCUT2D eigenvalue weighted by Crippen LogP contribution is 2.62. The third-order valence-corrected chi connectivity index (χ3v) is 15.9. The highest BCUT2D eigenvalue weighted by atomic mass is 32.2. The summed E-state index contributed by atoms with van der Waals surface area (Å²) in [6, 6.07) is 81.8. The zero-order valence-electron chi connectivity index (χ0n) is 34.0. The van der Waals surface area contributed by atoms with E-state index in [0.29, 0.717) is 0 Å². The Hall–Kier alpha value is -7.37. The van der Waals surface area contributed by atoms with Gasteiger partial charge in [0.1, 0.15) is 0 Å². The van der Waals surface area contributed by atoms with E-state index in [0.717, 1.165) is 22.7 Å². The second-order valence-electron chi connectivity index (χ2n) is 16.8. The number of para-hydroxylation sites is 2. The van der Waals surface area contributed by atoms with E-state index in [1.165, 1.54) is 95.9 Å². The lowest BCUT2D eigenvalue weighted by Crippen LogP contribution is -2.36. The highest BCUT2D eigenvalue weighted by Gasteiger charge is 2.48. The number of aromatic nitrogens is 1. The molecule has 2 nitrogen and oxygen atoms in total. The van der Waals surface area contributed by atoms with Crippen LogP contribution in [0.15, 0.2) is 228 Å². The third-order valence-electron chi connectivity index (χ3n) is 13.6. The van der Waals surface area contributed by atoms with E-state index in [1.807, 2.05) is 23.1 Å². The largest absolute Gasteiger partial charge is 0.310 e. The Morgan fingerprint density at radius 1 is 0.381 bits per heavy atom. The fraction of sp³-hybridized carbons (Fsp3) is 0.0169. The first-order valence-corrected chi connectivity index (χ1v) is 23.2. The first-order valence-electron chi connectivity index (χ1n) is 21.6. The lowest BCUT2D eigenvalue weighted by atomic mass is 9.59. The molecule has 1 spiro atoms. The molecule has 0 saturated carbocycles. The normalized spacial score (nSPS) is 13.5. The van der Waals surface area contributed by atoms with E-state index in [-0.39, 0.29) is 0 Å². The summed E-state index contributed by atoms with van der Waals surface area (Å²) in [6.45, 7) is 0. The summed E-state index contributed by atoms with van der Waals surface area (Å²) >= 11 is 3.76. The fourth-order valence-electron chi connectivity index (χ4n) is 11.1. The molecule has 0 saturated heterocycles. The molecule has 14 rings (SSSR count). The zero-order chi connectivity index (χ0) is 41.2. The molecule has 2 aliphatic rings. The van der Waals surface area contributed by atoms with Crippen molar-refractivity contribution < 1.29 is 0 Å². The molecule has 4 heteroatoms. The molecule has 1 aliphatic carbocycles. The second-order valence-corrected chi connectivity index (χ2v) is 18.9. The van der Waals surface area contributed by atoms with Gasteiger partial charge in [-0.1, -0.05) is 157 Å². The first-order chi connectivity index (χ1) is 31.3. The van der Waals surface area contributed by atoms with Crippen LogP contribution in [0.5, 0.6) is 0 Å². The standard InChI is InChI=1S/C59H36N2S2/c1-2-15-37(16-3-1)61-51-25-10-5-18-41(51)42-31-29-39(36-53(42)61)60(38-30-34-55-46(35-38)43-19-6-11-26-54(43)62-55)52-33-32-44-40-17-4-7-21-47(40)59(50-24-14-20-45(52)58(44)50)48-22-8-12-27-56(48)63-57-28-13-9-23-49(57)59/h1-36H. The molecule has 0 bridgehead atoms. The second kappa shape index (κ2) is 13.3. The molecular weight excluding hydrogens is 801 g/mol. The molecule has 12 aromatic rings. The van der Waals surface area contributed by atoms with Gasteiger partial charge in [0.25, 0.3) is 0 Å². The monoisotopic (exact) mass is 836 g/mol. The van der Waals surface area contributed by atoms with E-state index < -0.39 is 5.41 Å². The van der Waals surface area contributed by atoms with Crippen molar-refractivity contribution in [2.45, 2.75) is 15.2 Å². The molecule has 294 valence electrons. The smallest absolute Gasteiger partial charge is 0.0735 e. The molecule has 0 radical (unpaired) electrons. The van der Waals surface area contributed by atoms with Crippen LogP contribution in [0.25, 0.3) is 69.6 Å². The summed E-state index contributed by atoms with van der Waals surface area (Å²) < 4.78 is 5.03. The van der Waals surface area contributed by atoms with E-state index in [4.69, 9.17) is 0 Å². The van der Waals surface area contributed by atoms with Gasteiger partial charge in [0.2, 0.25) is 0 Å². The van der Waals surface area contributed by atoms with Gasteiger partial charge in [0.15, 0.2) is 0 Å². The Morgan fingerprint density at radius 2 is 1.00 bits per heavy atom. The molecule has 0 fully saturated rings. The topological polar surface area (TPSA) is 8.17 Å². The summed E-state index contributed by atoms with van der Waals surface area (Å²) in [5.74, 6) is 0. The average Bonchev–Trinajstić information content (AvgIpc) is 3.89. The number of anilines is 3. The van der Waals surface area contributed by atoms with E-state index in [2.05, 4.69) is 228 Å². The Balaban J connectivity index is 1.10. The van der Waals surface area contributed by atoms with Gasteiger partial charge in [-0.2, -0.15) is 0 Å². The van der Waals surface area contributed by atoms with E-state index in [9.17, 15) is 0 Å². The molecule has 0 unspecified atom stereocenters. The number of nitrogens with zero attached hydrogens (tertiary/aromatic N) is 2. The van der Waals surface area contributed by atoms with Gasteiger partial charge >= 0.3 is 0 Å². The molecule has 10 aromatic carbocycles. The Morgan fingerprint density at radius 3 is 1.84 bits per heavy atom. The molecule has 1 aliphatic heterocycles. The van der Waals surface area contributed by atoms with Crippen LogP contribution in [0.3, 0.4) is 0 Å². The van der Waals surface area contributed by atoms with Crippen LogP contribution >= 0.6 is 23.1 Å². The number of benzene rings is 10. The summed E-state index contributed by atoms with van der Waals surface area (Å²) in [5, 5.41) is 7.59. The van der Waals surface area contributed by atoms with E-state index >= 15 is 0 Å². The SMILES string of the molecule is c1ccc(-n2c3ccccc3c3ccc(N(c4ccc5sc6ccccc6c5c4)c4ccc5c6c(cccc46)C4(c6ccccc6Sc6ccccc64)c4ccccc4-5)cc32)cc1. The van der Waals surface area contributed by atoms with Crippen molar-refractivity contribution in [3.05, 3.63) is 241 Å². The highest BCUT2D eigenvalue weighted by molar-refractivity contribution is 7.99. The van der Waals surface area contributed by atoms with Crippen LogP contribution in [0.2, 0.25) is 0 Å². The minimum absolute atomic E-state index is 0.505. The van der Waals surface area contributed by atoms with Crippen molar-refractivity contribution in [3.63, 3.8) is 0 Å².